The second-order valence-electron chi connectivity index (χ2n) is 7.82. The Bertz CT molecular complexity index is 1300. The number of non-ortho nitro benzene ring substituents is 1. The number of nitrogens with two attached hydrogens (primary N) is 1. The van der Waals surface area contributed by atoms with Crippen molar-refractivity contribution >= 4 is 40.1 Å². The van der Waals surface area contributed by atoms with Crippen molar-refractivity contribution in [2.45, 2.75) is 20.0 Å². The minimum Gasteiger partial charge on any atom is -0.354 e. The van der Waals surface area contributed by atoms with Gasteiger partial charge < -0.3 is 21.7 Å². The SMILES string of the molecule is CC(=O)NCc1ccc(/C(Nc2ccc(CN)cc2)=C2/C(=O)Nc3ccc([N+](=O)[O-])cc32)cc1. The van der Waals surface area contributed by atoms with Crippen molar-refractivity contribution in [1.82, 2.24) is 5.32 Å². The molecule has 0 aromatic heterocycles. The lowest BCUT2D eigenvalue weighted by Crippen LogP contribution is -2.18. The lowest BCUT2D eigenvalue weighted by atomic mass is 9.98. The minimum absolute atomic E-state index is 0.106. The van der Waals surface area contributed by atoms with E-state index in [9.17, 15) is 19.7 Å². The molecule has 9 nitrogen and oxygen atoms in total. The topological polar surface area (TPSA) is 139 Å². The van der Waals surface area contributed by atoms with Crippen molar-refractivity contribution in [3.05, 3.63) is 99.1 Å². The van der Waals surface area contributed by atoms with E-state index in [0.29, 0.717) is 41.2 Å². The normalized spacial score (nSPS) is 13.6. The Hall–Kier alpha value is -4.50. The Balaban J connectivity index is 1.82. The molecule has 0 radical (unpaired) electrons. The van der Waals surface area contributed by atoms with Gasteiger partial charge in [0.2, 0.25) is 5.91 Å². The fraction of sp³-hybridized carbons (Fsp3) is 0.120. The molecule has 0 bridgehead atoms. The van der Waals surface area contributed by atoms with Gasteiger partial charge in [-0.15, -0.1) is 0 Å². The molecule has 5 N–H and O–H groups in total. The molecule has 172 valence electrons. The van der Waals surface area contributed by atoms with Crippen LogP contribution in [0.15, 0.2) is 66.7 Å². The number of nitro benzene ring substituents is 1. The Kier molecular flexibility index (Phi) is 6.37. The molecule has 0 unspecified atom stereocenters. The lowest BCUT2D eigenvalue weighted by Gasteiger charge is -2.16. The number of anilines is 2. The zero-order valence-electron chi connectivity index (χ0n) is 18.4. The summed E-state index contributed by atoms with van der Waals surface area (Å²) >= 11 is 0. The van der Waals surface area contributed by atoms with Gasteiger partial charge in [0.1, 0.15) is 0 Å². The summed E-state index contributed by atoms with van der Waals surface area (Å²) in [5.41, 5.74) is 10.6. The first-order chi connectivity index (χ1) is 16.4. The average molecular weight is 457 g/mol. The average Bonchev–Trinajstić information content (AvgIpc) is 3.16. The van der Waals surface area contributed by atoms with E-state index in [4.69, 9.17) is 5.73 Å². The number of hydrogen-bond donors (Lipinski definition) is 4. The number of carbonyl (C=O) groups is 2. The van der Waals surface area contributed by atoms with Gasteiger partial charge in [-0.3, -0.25) is 19.7 Å². The van der Waals surface area contributed by atoms with Crippen molar-refractivity contribution < 1.29 is 14.5 Å². The molecular weight excluding hydrogens is 434 g/mol. The molecule has 0 saturated heterocycles. The fourth-order valence-electron chi connectivity index (χ4n) is 3.68. The maximum Gasteiger partial charge on any atom is 0.270 e. The largest absolute Gasteiger partial charge is 0.354 e. The van der Waals surface area contributed by atoms with Crippen LogP contribution in [0.5, 0.6) is 0 Å². The first kappa shape index (κ1) is 22.7. The number of nitrogens with zero attached hydrogens (tertiary/aromatic N) is 1. The Morgan fingerprint density at radius 3 is 2.32 bits per heavy atom. The number of rotatable bonds is 7. The van der Waals surface area contributed by atoms with Crippen LogP contribution < -0.4 is 21.7 Å². The quantitative estimate of drug-likeness (QED) is 0.243. The first-order valence-electron chi connectivity index (χ1n) is 10.6. The predicted molar refractivity (Wildman–Crippen MR) is 130 cm³/mol. The van der Waals surface area contributed by atoms with Crippen molar-refractivity contribution in [3.8, 4) is 0 Å². The number of fused-ring (bicyclic) bond motifs is 1. The highest BCUT2D eigenvalue weighted by molar-refractivity contribution is 6.37. The van der Waals surface area contributed by atoms with Crippen molar-refractivity contribution in [3.63, 3.8) is 0 Å². The Morgan fingerprint density at radius 2 is 1.71 bits per heavy atom. The predicted octanol–water partition coefficient (Wildman–Crippen LogP) is 3.62. The van der Waals surface area contributed by atoms with Crippen molar-refractivity contribution in [2.75, 3.05) is 10.6 Å². The maximum atomic E-state index is 13.0. The van der Waals surface area contributed by atoms with Gasteiger partial charge >= 0.3 is 0 Å². The highest BCUT2D eigenvalue weighted by Crippen LogP contribution is 2.39. The molecule has 0 aliphatic carbocycles. The number of nitro groups is 1. The summed E-state index contributed by atoms with van der Waals surface area (Å²) in [6.45, 7) is 2.24. The summed E-state index contributed by atoms with van der Waals surface area (Å²) in [6.07, 6.45) is 0. The summed E-state index contributed by atoms with van der Waals surface area (Å²) in [6, 6.07) is 19.1. The number of benzene rings is 3. The number of amides is 2. The molecule has 0 fully saturated rings. The molecule has 34 heavy (non-hydrogen) atoms. The maximum absolute atomic E-state index is 13.0. The van der Waals surface area contributed by atoms with E-state index in [-0.39, 0.29) is 17.5 Å². The van der Waals surface area contributed by atoms with E-state index < -0.39 is 4.92 Å². The molecule has 0 atom stereocenters. The van der Waals surface area contributed by atoms with Gasteiger partial charge in [0.15, 0.2) is 0 Å². The third kappa shape index (κ3) is 4.79. The third-order valence-corrected chi connectivity index (χ3v) is 5.45. The molecule has 1 aliphatic rings. The van der Waals surface area contributed by atoms with Crippen LogP contribution in [0.1, 0.15) is 29.2 Å². The first-order valence-corrected chi connectivity index (χ1v) is 10.6. The van der Waals surface area contributed by atoms with E-state index in [1.54, 1.807) is 0 Å². The van der Waals surface area contributed by atoms with Crippen LogP contribution in [0.4, 0.5) is 17.1 Å². The van der Waals surface area contributed by atoms with Crippen LogP contribution in [-0.4, -0.2) is 16.7 Å². The van der Waals surface area contributed by atoms with Gasteiger partial charge in [-0.25, -0.2) is 0 Å². The van der Waals surface area contributed by atoms with Gasteiger partial charge in [-0.1, -0.05) is 36.4 Å². The number of carbonyl (C=O) groups excluding carboxylic acids is 2. The van der Waals surface area contributed by atoms with Gasteiger partial charge in [0.05, 0.1) is 16.2 Å². The molecule has 0 spiro atoms. The van der Waals surface area contributed by atoms with E-state index >= 15 is 0 Å². The van der Waals surface area contributed by atoms with Crippen LogP contribution in [0.25, 0.3) is 11.3 Å². The molecule has 9 heteroatoms. The van der Waals surface area contributed by atoms with Crippen LogP contribution in [0.3, 0.4) is 0 Å². The molecule has 3 aromatic carbocycles. The molecule has 1 aliphatic heterocycles. The summed E-state index contributed by atoms with van der Waals surface area (Å²) in [4.78, 5) is 35.1. The van der Waals surface area contributed by atoms with Crippen LogP contribution in [0.2, 0.25) is 0 Å². The van der Waals surface area contributed by atoms with Crippen LogP contribution in [0, 0.1) is 10.1 Å². The van der Waals surface area contributed by atoms with Gasteiger partial charge in [0, 0.05) is 49.1 Å². The molecular formula is C25H23N5O4. The summed E-state index contributed by atoms with van der Waals surface area (Å²) in [5, 5.41) is 20.2. The van der Waals surface area contributed by atoms with E-state index in [2.05, 4.69) is 16.0 Å². The molecule has 4 rings (SSSR count). The van der Waals surface area contributed by atoms with Crippen molar-refractivity contribution in [1.29, 1.82) is 0 Å². The summed E-state index contributed by atoms with van der Waals surface area (Å²) < 4.78 is 0. The molecule has 2 amide bonds. The molecule has 0 saturated carbocycles. The standard InChI is InChI=1S/C25H23N5O4/c1-15(31)27-14-17-2-6-18(7-3-17)24(28-19-8-4-16(13-26)5-9-19)23-21-12-20(30(33)34)10-11-22(21)29-25(23)32/h2-12,28H,13-14,26H2,1H3,(H,27,31)(H,29,32)/b24-23-. The van der Waals surface area contributed by atoms with Gasteiger partial charge in [0.25, 0.3) is 11.6 Å². The van der Waals surface area contributed by atoms with E-state index in [1.807, 2.05) is 48.5 Å². The zero-order chi connectivity index (χ0) is 24.2. The Morgan fingerprint density at radius 1 is 1.03 bits per heavy atom. The van der Waals surface area contributed by atoms with Crippen molar-refractivity contribution in [2.24, 2.45) is 5.73 Å². The molecule has 3 aromatic rings. The zero-order valence-corrected chi connectivity index (χ0v) is 18.4. The third-order valence-electron chi connectivity index (χ3n) is 5.45. The smallest absolute Gasteiger partial charge is 0.270 e. The lowest BCUT2D eigenvalue weighted by molar-refractivity contribution is -0.384. The Labute approximate surface area is 195 Å². The molecule has 1 heterocycles. The highest BCUT2D eigenvalue weighted by Gasteiger charge is 2.30. The van der Waals surface area contributed by atoms with Crippen LogP contribution >= 0.6 is 0 Å². The monoisotopic (exact) mass is 457 g/mol. The van der Waals surface area contributed by atoms with E-state index in [1.165, 1.54) is 25.1 Å². The van der Waals surface area contributed by atoms with Gasteiger partial charge in [-0.05, 0) is 34.9 Å². The second-order valence-corrected chi connectivity index (χ2v) is 7.82. The van der Waals surface area contributed by atoms with Crippen LogP contribution in [-0.2, 0) is 22.7 Å². The minimum atomic E-state index is -0.490. The van der Waals surface area contributed by atoms with Gasteiger partial charge in [-0.2, -0.15) is 0 Å². The summed E-state index contributed by atoms with van der Waals surface area (Å²) in [7, 11) is 0. The number of hydrogen-bond acceptors (Lipinski definition) is 6. The van der Waals surface area contributed by atoms with E-state index in [0.717, 1.165) is 16.8 Å². The second kappa shape index (κ2) is 9.55. The highest BCUT2D eigenvalue weighted by atomic mass is 16.6. The number of nitrogens with one attached hydrogen (secondary N) is 3. The fourth-order valence-corrected chi connectivity index (χ4v) is 3.68. The summed E-state index contributed by atoms with van der Waals surface area (Å²) in [5.74, 6) is -0.491.